The summed E-state index contributed by atoms with van der Waals surface area (Å²) in [7, 11) is 3.08. The van der Waals surface area contributed by atoms with Gasteiger partial charge in [0.15, 0.2) is 5.16 Å². The lowest BCUT2D eigenvalue weighted by Gasteiger charge is -2.29. The highest BCUT2D eigenvalue weighted by atomic mass is 32.2. The number of methoxy groups -OCH3 is 2. The van der Waals surface area contributed by atoms with Crippen LogP contribution < -0.4 is 9.47 Å². The van der Waals surface area contributed by atoms with E-state index in [9.17, 15) is 4.79 Å². The number of rotatable bonds is 7. The lowest BCUT2D eigenvalue weighted by molar-refractivity contribution is 0.0475. The third kappa shape index (κ3) is 5.62. The van der Waals surface area contributed by atoms with Crippen LogP contribution in [0.25, 0.3) is 0 Å². The van der Waals surface area contributed by atoms with Crippen molar-refractivity contribution in [2.75, 3.05) is 20.8 Å². The number of aromatic nitrogens is 2. The fourth-order valence-electron chi connectivity index (χ4n) is 2.04. The Morgan fingerprint density at radius 1 is 1.08 bits per heavy atom. The van der Waals surface area contributed by atoms with Crippen LogP contribution >= 0.6 is 11.8 Å². The zero-order valence-electron chi connectivity index (χ0n) is 15.7. The third-order valence-corrected chi connectivity index (χ3v) is 5.19. The summed E-state index contributed by atoms with van der Waals surface area (Å²) in [5, 5.41) is 0.462. The Bertz CT molecular complexity index is 710. The van der Waals surface area contributed by atoms with Gasteiger partial charge in [-0.15, -0.1) is 0 Å². The number of nitrogens with zero attached hydrogens (tertiary/aromatic N) is 2. The first-order chi connectivity index (χ1) is 12.3. The molecule has 1 heterocycles. The number of carbonyl (C=O) groups is 1. The molecule has 0 radical (unpaired) electrons. The van der Waals surface area contributed by atoms with E-state index >= 15 is 0 Å². The Hall–Kier alpha value is -2.28. The van der Waals surface area contributed by atoms with Crippen LogP contribution in [0.3, 0.4) is 0 Å². The van der Waals surface area contributed by atoms with Crippen LogP contribution in [0.1, 0.15) is 31.1 Å². The van der Waals surface area contributed by atoms with Crippen molar-refractivity contribution in [3.05, 3.63) is 42.0 Å². The fraction of sp³-hybridized carbons (Fsp3) is 0.421. The molecule has 1 aromatic heterocycles. The van der Waals surface area contributed by atoms with E-state index in [2.05, 4.69) is 30.7 Å². The van der Waals surface area contributed by atoms with Crippen LogP contribution in [0.2, 0.25) is 0 Å². The van der Waals surface area contributed by atoms with E-state index in [1.54, 1.807) is 32.4 Å². The minimum atomic E-state index is -0.343. The number of benzene rings is 1. The maximum Gasteiger partial charge on any atom is 0.338 e. The van der Waals surface area contributed by atoms with Gasteiger partial charge in [-0.25, -0.2) is 4.79 Å². The van der Waals surface area contributed by atoms with Crippen molar-refractivity contribution in [3.63, 3.8) is 0 Å². The first-order valence-corrected chi connectivity index (χ1v) is 9.07. The minimum absolute atomic E-state index is 0.0491. The average molecular weight is 376 g/mol. The maximum absolute atomic E-state index is 12.2. The summed E-state index contributed by atoms with van der Waals surface area (Å²) in [6, 6.07) is 10.6. The Labute approximate surface area is 158 Å². The van der Waals surface area contributed by atoms with E-state index in [0.717, 1.165) is 0 Å². The van der Waals surface area contributed by atoms with Gasteiger partial charge in [-0.05, 0) is 17.5 Å². The number of hydrogen-bond donors (Lipinski definition) is 0. The van der Waals surface area contributed by atoms with Gasteiger partial charge in [0.1, 0.15) is 6.61 Å². The summed E-state index contributed by atoms with van der Waals surface area (Å²) in [5.41, 5.74) is 0.394. The predicted molar refractivity (Wildman–Crippen MR) is 101 cm³/mol. The molecule has 0 N–H and O–H groups in total. The second-order valence-electron chi connectivity index (χ2n) is 6.67. The first-order valence-electron chi connectivity index (χ1n) is 8.19. The molecule has 2 aromatic rings. The van der Waals surface area contributed by atoms with Crippen LogP contribution in [-0.4, -0.2) is 42.0 Å². The summed E-state index contributed by atoms with van der Waals surface area (Å²) < 4.78 is 15.9. The molecule has 1 aromatic carbocycles. The molecular formula is C19H24N2O4S. The van der Waals surface area contributed by atoms with E-state index < -0.39 is 0 Å². The highest BCUT2D eigenvalue weighted by Gasteiger charge is 2.29. The van der Waals surface area contributed by atoms with Crippen molar-refractivity contribution in [3.8, 4) is 11.8 Å². The van der Waals surface area contributed by atoms with Crippen molar-refractivity contribution >= 4 is 17.7 Å². The topological polar surface area (TPSA) is 70.5 Å². The molecule has 0 amide bonds. The second-order valence-corrected chi connectivity index (χ2v) is 7.84. The molecule has 0 aliphatic heterocycles. The normalized spacial score (nSPS) is 12.3. The molecule has 2 rings (SSSR count). The van der Waals surface area contributed by atoms with E-state index in [1.165, 1.54) is 11.8 Å². The van der Waals surface area contributed by atoms with Gasteiger partial charge in [0.05, 0.1) is 31.1 Å². The summed E-state index contributed by atoms with van der Waals surface area (Å²) in [6.45, 7) is 6.49. The lowest BCUT2D eigenvalue weighted by Crippen LogP contribution is -2.29. The van der Waals surface area contributed by atoms with Gasteiger partial charge >= 0.3 is 5.97 Å². The molecule has 6 nitrogen and oxygen atoms in total. The average Bonchev–Trinajstić information content (AvgIpc) is 2.64. The predicted octanol–water partition coefficient (Wildman–Crippen LogP) is 3.86. The van der Waals surface area contributed by atoms with Gasteiger partial charge in [-0.2, -0.15) is 9.97 Å². The fourth-order valence-corrected chi connectivity index (χ4v) is 3.07. The molecule has 0 saturated carbocycles. The zero-order valence-corrected chi connectivity index (χ0v) is 16.5. The van der Waals surface area contributed by atoms with Gasteiger partial charge in [0.25, 0.3) is 0 Å². The second kappa shape index (κ2) is 8.89. The van der Waals surface area contributed by atoms with Gasteiger partial charge in [0, 0.05) is 0 Å². The summed E-state index contributed by atoms with van der Waals surface area (Å²) in [5.74, 6) is 0.506. The standard InChI is InChI=1S/C19H24N2O4S/c1-19(2,3)14(12-25-17(22)13-9-7-6-8-10-13)26-18-20-15(23-4)11-16(21-18)24-5/h6-11,14H,12H2,1-5H3. The number of ether oxygens (including phenoxy) is 3. The van der Waals surface area contributed by atoms with E-state index in [1.807, 2.05) is 18.2 Å². The highest BCUT2D eigenvalue weighted by molar-refractivity contribution is 7.99. The summed E-state index contributed by atoms with van der Waals surface area (Å²) >= 11 is 1.43. The molecule has 0 bridgehead atoms. The monoisotopic (exact) mass is 376 g/mol. The van der Waals surface area contributed by atoms with Crippen molar-refractivity contribution in [2.45, 2.75) is 31.2 Å². The zero-order chi connectivity index (χ0) is 19.2. The molecular weight excluding hydrogens is 352 g/mol. The highest BCUT2D eigenvalue weighted by Crippen LogP contribution is 2.35. The molecule has 0 saturated heterocycles. The van der Waals surface area contributed by atoms with Crippen LogP contribution in [0, 0.1) is 5.41 Å². The molecule has 26 heavy (non-hydrogen) atoms. The quantitative estimate of drug-likeness (QED) is 0.413. The Kier molecular flexibility index (Phi) is 6.85. The lowest BCUT2D eigenvalue weighted by atomic mass is 9.92. The summed E-state index contributed by atoms with van der Waals surface area (Å²) in [6.07, 6.45) is 0. The maximum atomic E-state index is 12.2. The largest absolute Gasteiger partial charge is 0.481 e. The van der Waals surface area contributed by atoms with Gasteiger partial charge in [0.2, 0.25) is 11.8 Å². The van der Waals surface area contributed by atoms with Crippen LogP contribution in [0.5, 0.6) is 11.8 Å². The Balaban J connectivity index is 2.12. The smallest absolute Gasteiger partial charge is 0.338 e. The van der Waals surface area contributed by atoms with Gasteiger partial charge in [-0.1, -0.05) is 50.7 Å². The SMILES string of the molecule is COc1cc(OC)nc(SC(COC(=O)c2ccccc2)C(C)(C)C)n1. The minimum Gasteiger partial charge on any atom is -0.481 e. The molecule has 0 fully saturated rings. The number of thioether (sulfide) groups is 1. The molecule has 1 unspecified atom stereocenters. The van der Waals surface area contributed by atoms with Crippen molar-refractivity contribution in [2.24, 2.45) is 5.41 Å². The third-order valence-electron chi connectivity index (χ3n) is 3.67. The number of hydrogen-bond acceptors (Lipinski definition) is 7. The number of carbonyl (C=O) groups excluding carboxylic acids is 1. The van der Waals surface area contributed by atoms with Crippen LogP contribution in [0.15, 0.2) is 41.6 Å². The van der Waals surface area contributed by atoms with Gasteiger partial charge in [-0.3, -0.25) is 0 Å². The molecule has 0 spiro atoms. The number of esters is 1. The van der Waals surface area contributed by atoms with Crippen LogP contribution in [0.4, 0.5) is 0 Å². The Morgan fingerprint density at radius 2 is 1.65 bits per heavy atom. The molecule has 140 valence electrons. The van der Waals surface area contributed by atoms with Crippen LogP contribution in [-0.2, 0) is 4.74 Å². The molecule has 0 aliphatic carbocycles. The Morgan fingerprint density at radius 3 is 2.15 bits per heavy atom. The first kappa shape index (κ1) is 20.0. The van der Waals surface area contributed by atoms with Crippen molar-refractivity contribution in [1.29, 1.82) is 0 Å². The van der Waals surface area contributed by atoms with E-state index in [0.29, 0.717) is 22.5 Å². The molecule has 0 aliphatic rings. The van der Waals surface area contributed by atoms with Crippen molar-refractivity contribution in [1.82, 2.24) is 9.97 Å². The van der Waals surface area contributed by atoms with E-state index in [-0.39, 0.29) is 23.2 Å². The van der Waals surface area contributed by atoms with Crippen molar-refractivity contribution < 1.29 is 19.0 Å². The molecule has 1 atom stereocenters. The van der Waals surface area contributed by atoms with E-state index in [4.69, 9.17) is 14.2 Å². The van der Waals surface area contributed by atoms with Gasteiger partial charge < -0.3 is 14.2 Å². The molecule has 7 heteroatoms. The summed E-state index contributed by atoms with van der Waals surface area (Å²) in [4.78, 5) is 20.9.